The Morgan fingerprint density at radius 3 is 1.11 bits per heavy atom. The van der Waals surface area contributed by atoms with Crippen LogP contribution in [0.2, 0.25) is 0 Å². The van der Waals surface area contributed by atoms with Crippen LogP contribution in [-0.4, -0.2) is 200 Å². The number of Topliss-reactive ketones (excluding diaryl/α,β-unsaturated/α-hetero) is 1. The first-order valence-electron chi connectivity index (χ1n) is 19.9. The van der Waals surface area contributed by atoms with Crippen LogP contribution in [0.5, 0.6) is 0 Å². The predicted octanol–water partition coefficient (Wildman–Crippen LogP) is 0.702. The van der Waals surface area contributed by atoms with E-state index < -0.39 is 0 Å². The molecule has 1 atom stereocenters. The molecule has 0 aromatic carbocycles. The minimum absolute atomic E-state index is 0.0511. The number of ketones is 1. The van der Waals surface area contributed by atoms with E-state index >= 15 is 0 Å². The standard InChI is InChI=1S/C38H70N2O16/c1-33(2)35(41)5-8-45-10-12-47-14-16-49-18-20-51-22-24-53-26-28-55-30-31-56-29-27-54-25-23-52-21-19-50-17-15-48-13-11-46-9-6-39-36(42)4-7-40-37(43)32-34(3)38(40)44/h33-34H,4-32H2,1-3H3,(H,39,42). The Kier molecular flexibility index (Phi) is 35.5. The van der Waals surface area contributed by atoms with Crippen molar-refractivity contribution in [1.29, 1.82) is 0 Å². The molecule has 1 saturated heterocycles. The highest BCUT2D eigenvalue weighted by Crippen LogP contribution is 2.18. The van der Waals surface area contributed by atoms with Crippen LogP contribution in [0.25, 0.3) is 0 Å². The van der Waals surface area contributed by atoms with Crippen molar-refractivity contribution in [3.05, 3.63) is 0 Å². The lowest BCUT2D eigenvalue weighted by Gasteiger charge is -2.14. The molecule has 3 amide bonds. The molecule has 0 radical (unpaired) electrons. The van der Waals surface area contributed by atoms with Crippen LogP contribution >= 0.6 is 0 Å². The number of nitrogens with one attached hydrogen (secondary N) is 1. The summed E-state index contributed by atoms with van der Waals surface area (Å²) in [5.41, 5.74) is 0. The smallest absolute Gasteiger partial charge is 0.232 e. The van der Waals surface area contributed by atoms with Gasteiger partial charge in [0.2, 0.25) is 17.7 Å². The Morgan fingerprint density at radius 1 is 0.518 bits per heavy atom. The van der Waals surface area contributed by atoms with E-state index in [9.17, 15) is 19.2 Å². The summed E-state index contributed by atoms with van der Waals surface area (Å²) >= 11 is 0. The Morgan fingerprint density at radius 2 is 0.821 bits per heavy atom. The summed E-state index contributed by atoms with van der Waals surface area (Å²) in [5.74, 6) is -0.707. The summed E-state index contributed by atoms with van der Waals surface area (Å²) in [6.45, 7) is 17.0. The molecule has 1 unspecified atom stereocenters. The third-order valence-corrected chi connectivity index (χ3v) is 7.83. The third-order valence-electron chi connectivity index (χ3n) is 7.83. The third kappa shape index (κ3) is 31.8. The predicted molar refractivity (Wildman–Crippen MR) is 202 cm³/mol. The van der Waals surface area contributed by atoms with Crippen molar-refractivity contribution in [3.8, 4) is 0 Å². The fourth-order valence-electron chi connectivity index (χ4n) is 4.63. The molecule has 18 heteroatoms. The Bertz CT molecular complexity index is 976. The van der Waals surface area contributed by atoms with Crippen LogP contribution in [0, 0.1) is 11.8 Å². The average Bonchev–Trinajstić information content (AvgIpc) is 3.43. The highest BCUT2D eigenvalue weighted by molar-refractivity contribution is 6.03. The van der Waals surface area contributed by atoms with Crippen molar-refractivity contribution in [2.24, 2.45) is 11.8 Å². The molecule has 1 heterocycles. The monoisotopic (exact) mass is 810 g/mol. The molecule has 18 nitrogen and oxygen atoms in total. The minimum atomic E-state index is -0.304. The van der Waals surface area contributed by atoms with Gasteiger partial charge in [0.25, 0.3) is 0 Å². The van der Waals surface area contributed by atoms with Crippen molar-refractivity contribution >= 4 is 23.5 Å². The quantitative estimate of drug-likeness (QED) is 0.0668. The first-order chi connectivity index (χ1) is 27.3. The zero-order valence-corrected chi connectivity index (χ0v) is 34.1. The minimum Gasteiger partial charge on any atom is -0.379 e. The van der Waals surface area contributed by atoms with E-state index in [1.165, 1.54) is 0 Å². The van der Waals surface area contributed by atoms with Gasteiger partial charge in [-0.2, -0.15) is 0 Å². The number of carbonyl (C=O) groups excluding carboxylic acids is 4. The first kappa shape index (κ1) is 51.8. The molecular formula is C38H70N2O16. The van der Waals surface area contributed by atoms with Gasteiger partial charge < -0.3 is 62.2 Å². The van der Waals surface area contributed by atoms with Gasteiger partial charge in [-0.25, -0.2) is 0 Å². The number of hydrogen-bond acceptors (Lipinski definition) is 16. The number of ether oxygens (including phenoxy) is 12. The molecule has 1 aliphatic heterocycles. The fourth-order valence-corrected chi connectivity index (χ4v) is 4.63. The zero-order chi connectivity index (χ0) is 40.7. The molecule has 0 aromatic heterocycles. The number of imide groups is 1. The second kappa shape index (κ2) is 38.3. The molecular weight excluding hydrogens is 740 g/mol. The SMILES string of the molecule is CC(C)C(=O)CCOCCOCCOCCOCCOCCOCCOCCOCCOCCOCCOCCOCCNC(=O)CCN1C(=O)CC(C)C1=O. The van der Waals surface area contributed by atoms with E-state index in [4.69, 9.17) is 56.8 Å². The summed E-state index contributed by atoms with van der Waals surface area (Å²) in [5, 5.41) is 2.71. The Hall–Kier alpha value is -2.20. The average molecular weight is 811 g/mol. The van der Waals surface area contributed by atoms with Crippen LogP contribution in [0.4, 0.5) is 0 Å². The molecule has 56 heavy (non-hydrogen) atoms. The van der Waals surface area contributed by atoms with E-state index in [-0.39, 0.29) is 54.7 Å². The second-order valence-corrected chi connectivity index (χ2v) is 12.8. The number of nitrogens with zero attached hydrogens (tertiary/aromatic N) is 1. The van der Waals surface area contributed by atoms with Crippen LogP contribution in [0.15, 0.2) is 0 Å². The van der Waals surface area contributed by atoms with E-state index in [0.717, 1.165) is 4.90 Å². The first-order valence-corrected chi connectivity index (χ1v) is 19.9. The van der Waals surface area contributed by atoms with E-state index in [0.29, 0.717) is 172 Å². The van der Waals surface area contributed by atoms with Crippen molar-refractivity contribution in [1.82, 2.24) is 10.2 Å². The largest absolute Gasteiger partial charge is 0.379 e. The van der Waals surface area contributed by atoms with Crippen molar-refractivity contribution in [2.45, 2.75) is 40.0 Å². The highest BCUT2D eigenvalue weighted by Gasteiger charge is 2.35. The lowest BCUT2D eigenvalue weighted by atomic mass is 10.1. The normalized spacial score (nSPS) is 14.4. The lowest BCUT2D eigenvalue weighted by Crippen LogP contribution is -2.35. The maximum absolute atomic E-state index is 11.9. The summed E-state index contributed by atoms with van der Waals surface area (Å²) in [6.07, 6.45) is 0.740. The fraction of sp³-hybridized carbons (Fsp3) is 0.895. The van der Waals surface area contributed by atoms with Crippen molar-refractivity contribution in [3.63, 3.8) is 0 Å². The van der Waals surface area contributed by atoms with Gasteiger partial charge in [0, 0.05) is 44.2 Å². The van der Waals surface area contributed by atoms with Gasteiger partial charge in [-0.3, -0.25) is 24.1 Å². The van der Waals surface area contributed by atoms with Gasteiger partial charge in [0.05, 0.1) is 159 Å². The molecule has 328 valence electrons. The van der Waals surface area contributed by atoms with Crippen LogP contribution in [-0.2, 0) is 76.0 Å². The number of rotatable bonds is 43. The number of hydrogen-bond donors (Lipinski definition) is 1. The molecule has 0 aliphatic carbocycles. The molecule has 0 saturated carbocycles. The van der Waals surface area contributed by atoms with E-state index in [2.05, 4.69) is 5.32 Å². The Labute approximate surface area is 333 Å². The molecule has 1 aliphatic rings. The van der Waals surface area contributed by atoms with Crippen LogP contribution < -0.4 is 5.32 Å². The van der Waals surface area contributed by atoms with Gasteiger partial charge >= 0.3 is 0 Å². The lowest BCUT2D eigenvalue weighted by molar-refractivity contribution is -0.139. The number of carbonyl (C=O) groups is 4. The highest BCUT2D eigenvalue weighted by atomic mass is 16.6. The van der Waals surface area contributed by atoms with Gasteiger partial charge in [-0.1, -0.05) is 20.8 Å². The van der Waals surface area contributed by atoms with Crippen LogP contribution in [0.1, 0.15) is 40.0 Å². The van der Waals surface area contributed by atoms with Crippen LogP contribution in [0.3, 0.4) is 0 Å². The summed E-state index contributed by atoms with van der Waals surface area (Å²) in [6, 6.07) is 0. The van der Waals surface area contributed by atoms with Gasteiger partial charge in [0.1, 0.15) is 5.78 Å². The van der Waals surface area contributed by atoms with Crippen molar-refractivity contribution < 1.29 is 76.0 Å². The summed E-state index contributed by atoms with van der Waals surface area (Å²) < 4.78 is 65.5. The second-order valence-electron chi connectivity index (χ2n) is 12.8. The summed E-state index contributed by atoms with van der Waals surface area (Å²) in [4.78, 5) is 48.2. The summed E-state index contributed by atoms with van der Waals surface area (Å²) in [7, 11) is 0. The molecule has 0 bridgehead atoms. The van der Waals surface area contributed by atoms with E-state index in [1.807, 2.05) is 13.8 Å². The molecule has 1 rings (SSSR count). The molecule has 0 aromatic rings. The van der Waals surface area contributed by atoms with Gasteiger partial charge in [0.15, 0.2) is 0 Å². The van der Waals surface area contributed by atoms with Crippen molar-refractivity contribution in [2.75, 3.05) is 172 Å². The topological polar surface area (TPSA) is 194 Å². The zero-order valence-electron chi connectivity index (χ0n) is 34.1. The number of likely N-dealkylation sites (tertiary alicyclic amines) is 1. The molecule has 0 spiro atoms. The Balaban J connectivity index is 1.65. The molecule has 1 N–H and O–H groups in total. The van der Waals surface area contributed by atoms with Gasteiger partial charge in [-0.15, -0.1) is 0 Å². The molecule has 1 fully saturated rings. The van der Waals surface area contributed by atoms with E-state index in [1.54, 1.807) is 6.92 Å². The maximum Gasteiger partial charge on any atom is 0.232 e. The van der Waals surface area contributed by atoms with Gasteiger partial charge in [-0.05, 0) is 0 Å². The maximum atomic E-state index is 11.9. The number of amides is 3.